The summed E-state index contributed by atoms with van der Waals surface area (Å²) >= 11 is 0. The molecular formula is C19H21NO2. The Morgan fingerprint density at radius 2 is 1.77 bits per heavy atom. The number of benzene rings is 2. The number of aliphatic hydroxyl groups is 1. The maximum atomic E-state index is 12.6. The van der Waals surface area contributed by atoms with E-state index in [0.29, 0.717) is 11.3 Å². The summed E-state index contributed by atoms with van der Waals surface area (Å²) in [6.45, 7) is 7.40. The highest BCUT2D eigenvalue weighted by Gasteiger charge is 2.38. The topological polar surface area (TPSA) is 49.3 Å². The molecule has 0 unspecified atom stereocenters. The van der Waals surface area contributed by atoms with Gasteiger partial charge in [-0.3, -0.25) is 4.79 Å². The predicted octanol–water partition coefficient (Wildman–Crippen LogP) is 3.86. The van der Waals surface area contributed by atoms with Crippen LogP contribution < -0.4 is 5.32 Å². The molecule has 3 heteroatoms. The van der Waals surface area contributed by atoms with E-state index in [4.69, 9.17) is 0 Å². The van der Waals surface area contributed by atoms with Crippen LogP contribution in [-0.4, -0.2) is 11.0 Å². The first kappa shape index (κ1) is 16.0. The van der Waals surface area contributed by atoms with Gasteiger partial charge in [0.15, 0.2) is 0 Å². The van der Waals surface area contributed by atoms with E-state index in [1.807, 2.05) is 49.4 Å². The average molecular weight is 295 g/mol. The summed E-state index contributed by atoms with van der Waals surface area (Å²) in [6.07, 6.45) is 0.533. The fraction of sp³-hybridized carbons (Fsp3) is 0.211. The van der Waals surface area contributed by atoms with E-state index in [9.17, 15) is 9.90 Å². The molecule has 2 atom stereocenters. The summed E-state index contributed by atoms with van der Waals surface area (Å²) in [5.41, 5.74) is 1.38. The highest BCUT2D eigenvalue weighted by molar-refractivity contribution is 5.97. The lowest BCUT2D eigenvalue weighted by molar-refractivity contribution is -0.127. The normalized spacial score (nSPS) is 14.7. The second-order valence-corrected chi connectivity index (χ2v) is 5.62. The van der Waals surface area contributed by atoms with Crippen molar-refractivity contribution < 1.29 is 9.90 Å². The van der Waals surface area contributed by atoms with Crippen LogP contribution in [-0.2, 0) is 4.79 Å². The molecule has 0 bridgehead atoms. The van der Waals surface area contributed by atoms with Crippen molar-refractivity contribution in [3.63, 3.8) is 0 Å². The van der Waals surface area contributed by atoms with Crippen LogP contribution in [0.25, 0.3) is 0 Å². The maximum Gasteiger partial charge on any atom is 0.237 e. The van der Waals surface area contributed by atoms with Gasteiger partial charge in [-0.1, -0.05) is 54.1 Å². The van der Waals surface area contributed by atoms with Crippen molar-refractivity contribution in [3.05, 3.63) is 78.4 Å². The van der Waals surface area contributed by atoms with E-state index >= 15 is 0 Å². The van der Waals surface area contributed by atoms with Gasteiger partial charge in [0.05, 0.1) is 11.5 Å². The molecule has 0 aromatic heterocycles. The molecule has 0 aliphatic heterocycles. The van der Waals surface area contributed by atoms with Crippen LogP contribution in [0.1, 0.15) is 24.2 Å². The molecule has 2 aromatic carbocycles. The van der Waals surface area contributed by atoms with Gasteiger partial charge in [-0.2, -0.15) is 0 Å². The summed E-state index contributed by atoms with van der Waals surface area (Å²) in [5.74, 6) is -0.289. The Hall–Kier alpha value is -2.39. The Bertz CT molecular complexity index is 649. The van der Waals surface area contributed by atoms with Gasteiger partial charge in [-0.15, -0.1) is 6.58 Å². The van der Waals surface area contributed by atoms with Gasteiger partial charge < -0.3 is 10.4 Å². The van der Waals surface area contributed by atoms with Crippen molar-refractivity contribution in [3.8, 4) is 0 Å². The van der Waals surface area contributed by atoms with Gasteiger partial charge >= 0.3 is 0 Å². The minimum absolute atomic E-state index is 0.289. The zero-order valence-electron chi connectivity index (χ0n) is 12.9. The summed E-state index contributed by atoms with van der Waals surface area (Å²) in [7, 11) is 0. The van der Waals surface area contributed by atoms with E-state index in [1.54, 1.807) is 19.1 Å². The molecule has 0 spiro atoms. The minimum Gasteiger partial charge on any atom is -0.387 e. The number of amides is 1. The van der Waals surface area contributed by atoms with Crippen molar-refractivity contribution in [2.75, 3.05) is 5.32 Å². The number of rotatable bonds is 5. The summed E-state index contributed by atoms with van der Waals surface area (Å²) in [6, 6.07) is 16.7. The van der Waals surface area contributed by atoms with Crippen molar-refractivity contribution in [2.45, 2.75) is 20.0 Å². The molecule has 0 saturated carbocycles. The Balaban J connectivity index is 2.23. The third kappa shape index (κ3) is 3.26. The Kier molecular flexibility index (Phi) is 4.78. The van der Waals surface area contributed by atoms with Crippen molar-refractivity contribution in [1.82, 2.24) is 0 Å². The fourth-order valence-corrected chi connectivity index (χ4v) is 2.21. The lowest BCUT2D eigenvalue weighted by atomic mass is 9.80. The second kappa shape index (κ2) is 6.58. The first-order valence-electron chi connectivity index (χ1n) is 7.22. The minimum atomic E-state index is -1.12. The number of nitrogens with one attached hydrogen (secondary N) is 1. The standard InChI is InChI=1S/C19H21NO2/c1-4-19(3,17(21)15-8-6-5-7-9-15)18(22)20-16-12-10-14(2)11-13-16/h4-13,17,21H,1H2,2-3H3,(H,20,22)/t17-,19-/m1/s1. The van der Waals surface area contributed by atoms with Gasteiger partial charge in [-0.25, -0.2) is 0 Å². The van der Waals surface area contributed by atoms with Crippen LogP contribution in [0.4, 0.5) is 5.69 Å². The molecule has 22 heavy (non-hydrogen) atoms. The van der Waals surface area contributed by atoms with Crippen LogP contribution in [0.5, 0.6) is 0 Å². The third-order valence-electron chi connectivity index (χ3n) is 3.91. The predicted molar refractivity (Wildman–Crippen MR) is 89.5 cm³/mol. The fourth-order valence-electron chi connectivity index (χ4n) is 2.21. The molecule has 114 valence electrons. The number of aliphatic hydroxyl groups excluding tert-OH is 1. The summed E-state index contributed by atoms with van der Waals surface area (Å²) in [5, 5.41) is 13.4. The number of carbonyl (C=O) groups excluding carboxylic acids is 1. The maximum absolute atomic E-state index is 12.6. The van der Waals surface area contributed by atoms with Crippen LogP contribution in [0, 0.1) is 12.3 Å². The quantitative estimate of drug-likeness (QED) is 0.823. The van der Waals surface area contributed by atoms with Crippen LogP contribution in [0.2, 0.25) is 0 Å². The van der Waals surface area contributed by atoms with Crippen molar-refractivity contribution in [1.29, 1.82) is 0 Å². The average Bonchev–Trinajstić information content (AvgIpc) is 2.56. The van der Waals surface area contributed by atoms with E-state index in [-0.39, 0.29) is 5.91 Å². The number of aryl methyl sites for hydroxylation is 1. The highest BCUT2D eigenvalue weighted by Crippen LogP contribution is 2.36. The molecule has 2 N–H and O–H groups in total. The van der Waals surface area contributed by atoms with E-state index in [2.05, 4.69) is 11.9 Å². The summed E-state index contributed by atoms with van der Waals surface area (Å²) < 4.78 is 0. The van der Waals surface area contributed by atoms with Crippen LogP contribution >= 0.6 is 0 Å². The van der Waals surface area contributed by atoms with E-state index in [1.165, 1.54) is 6.08 Å². The molecule has 3 nitrogen and oxygen atoms in total. The largest absolute Gasteiger partial charge is 0.387 e. The molecule has 0 aliphatic carbocycles. The lowest BCUT2D eigenvalue weighted by Crippen LogP contribution is -2.37. The number of hydrogen-bond acceptors (Lipinski definition) is 2. The van der Waals surface area contributed by atoms with Gasteiger partial charge in [0, 0.05) is 5.69 Å². The van der Waals surface area contributed by atoms with E-state index < -0.39 is 11.5 Å². The molecule has 2 aromatic rings. The molecular weight excluding hydrogens is 274 g/mol. The van der Waals surface area contributed by atoms with E-state index in [0.717, 1.165) is 5.56 Å². The second-order valence-electron chi connectivity index (χ2n) is 5.62. The molecule has 0 aliphatic rings. The lowest BCUT2D eigenvalue weighted by Gasteiger charge is -2.30. The van der Waals surface area contributed by atoms with Gasteiger partial charge in [0.1, 0.15) is 0 Å². The zero-order valence-corrected chi connectivity index (χ0v) is 12.9. The molecule has 0 radical (unpaired) electrons. The molecule has 1 amide bonds. The zero-order chi connectivity index (χ0) is 16.2. The first-order valence-corrected chi connectivity index (χ1v) is 7.22. The SMILES string of the molecule is C=C[C@@](C)(C(=O)Nc1ccc(C)cc1)[C@H](O)c1ccccc1. The van der Waals surface area contributed by atoms with Crippen LogP contribution in [0.3, 0.4) is 0 Å². The van der Waals surface area contributed by atoms with Gasteiger partial charge in [0.2, 0.25) is 5.91 Å². The smallest absolute Gasteiger partial charge is 0.237 e. The van der Waals surface area contributed by atoms with Gasteiger partial charge in [0.25, 0.3) is 0 Å². The Morgan fingerprint density at radius 3 is 2.32 bits per heavy atom. The van der Waals surface area contributed by atoms with Crippen molar-refractivity contribution in [2.24, 2.45) is 5.41 Å². The van der Waals surface area contributed by atoms with Crippen LogP contribution in [0.15, 0.2) is 67.3 Å². The summed E-state index contributed by atoms with van der Waals surface area (Å²) in [4.78, 5) is 12.6. The number of carbonyl (C=O) groups is 1. The monoisotopic (exact) mass is 295 g/mol. The first-order chi connectivity index (χ1) is 10.5. The highest BCUT2D eigenvalue weighted by atomic mass is 16.3. The van der Waals surface area contributed by atoms with Crippen molar-refractivity contribution >= 4 is 11.6 Å². The number of hydrogen-bond donors (Lipinski definition) is 2. The molecule has 0 heterocycles. The number of anilines is 1. The Morgan fingerprint density at radius 1 is 1.18 bits per heavy atom. The molecule has 0 saturated heterocycles. The van der Waals surface area contributed by atoms with Gasteiger partial charge in [-0.05, 0) is 31.5 Å². The third-order valence-corrected chi connectivity index (χ3v) is 3.91. The Labute approximate surface area is 131 Å². The molecule has 0 fully saturated rings. The molecule has 2 rings (SSSR count).